The Balaban J connectivity index is 1.89. The van der Waals surface area contributed by atoms with Crippen molar-refractivity contribution >= 4 is 23.1 Å². The van der Waals surface area contributed by atoms with Crippen molar-refractivity contribution < 1.29 is 9.59 Å². The molecule has 0 saturated heterocycles. The van der Waals surface area contributed by atoms with Gasteiger partial charge in [0.1, 0.15) is 11.3 Å². The fourth-order valence-electron chi connectivity index (χ4n) is 2.58. The van der Waals surface area contributed by atoms with Gasteiger partial charge in [0.15, 0.2) is 5.69 Å². The number of aryl methyl sites for hydroxylation is 1. The summed E-state index contributed by atoms with van der Waals surface area (Å²) in [5.41, 5.74) is 2.79. The van der Waals surface area contributed by atoms with Crippen molar-refractivity contribution in [1.29, 1.82) is 0 Å². The van der Waals surface area contributed by atoms with Gasteiger partial charge in [-0.3, -0.25) is 14.0 Å². The minimum absolute atomic E-state index is 0.215. The molecule has 5 nitrogen and oxygen atoms in total. The van der Waals surface area contributed by atoms with Crippen LogP contribution in [0, 0.1) is 6.92 Å². The predicted molar refractivity (Wildman–Crippen MR) is 77.5 cm³/mol. The fourth-order valence-corrected chi connectivity index (χ4v) is 2.58. The summed E-state index contributed by atoms with van der Waals surface area (Å²) in [6.45, 7) is 1.96. The molecule has 4 rings (SSSR count). The lowest BCUT2D eigenvalue weighted by Gasteiger charge is -2.14. The molecule has 0 N–H and O–H groups in total. The van der Waals surface area contributed by atoms with E-state index in [9.17, 15) is 9.59 Å². The third-order valence-corrected chi connectivity index (χ3v) is 3.63. The number of fused-ring (bicyclic) bond motifs is 3. The number of hydrogen-bond donors (Lipinski definition) is 0. The van der Waals surface area contributed by atoms with Crippen molar-refractivity contribution in [1.82, 2.24) is 9.38 Å². The number of pyridine rings is 1. The molecule has 0 bridgehead atoms. The van der Waals surface area contributed by atoms with E-state index in [0.717, 1.165) is 5.56 Å². The molecule has 0 saturated carbocycles. The molecule has 102 valence electrons. The van der Waals surface area contributed by atoms with E-state index in [4.69, 9.17) is 0 Å². The average molecular weight is 277 g/mol. The van der Waals surface area contributed by atoms with E-state index in [0.29, 0.717) is 17.0 Å². The van der Waals surface area contributed by atoms with Crippen molar-refractivity contribution in [3.63, 3.8) is 0 Å². The topological polar surface area (TPSA) is 54.7 Å². The maximum atomic E-state index is 12.6. The zero-order chi connectivity index (χ0) is 14.6. The van der Waals surface area contributed by atoms with Gasteiger partial charge in [0.05, 0.1) is 5.69 Å². The fraction of sp³-hybridized carbons (Fsp3) is 0.0625. The minimum Gasteiger partial charge on any atom is -0.295 e. The third-order valence-electron chi connectivity index (χ3n) is 3.63. The number of hydrogen-bond acceptors (Lipinski definition) is 3. The number of carbonyl (C=O) groups excluding carboxylic acids is 2. The summed E-state index contributed by atoms with van der Waals surface area (Å²) in [5.74, 6) is -0.708. The zero-order valence-electron chi connectivity index (χ0n) is 11.3. The van der Waals surface area contributed by atoms with Crippen LogP contribution in [0.1, 0.15) is 26.5 Å². The van der Waals surface area contributed by atoms with Crippen molar-refractivity contribution in [3.8, 4) is 0 Å². The Morgan fingerprint density at radius 2 is 1.71 bits per heavy atom. The van der Waals surface area contributed by atoms with Crippen molar-refractivity contribution in [3.05, 3.63) is 65.6 Å². The van der Waals surface area contributed by atoms with Gasteiger partial charge >= 0.3 is 0 Å². The summed E-state index contributed by atoms with van der Waals surface area (Å²) in [4.78, 5) is 30.5. The van der Waals surface area contributed by atoms with Gasteiger partial charge in [-0.05, 0) is 31.2 Å². The van der Waals surface area contributed by atoms with Crippen LogP contribution in [0.2, 0.25) is 0 Å². The Morgan fingerprint density at radius 3 is 2.48 bits per heavy atom. The second-order valence-corrected chi connectivity index (χ2v) is 5.02. The molecule has 0 atom stereocenters. The van der Waals surface area contributed by atoms with E-state index >= 15 is 0 Å². The van der Waals surface area contributed by atoms with Gasteiger partial charge < -0.3 is 0 Å². The highest BCUT2D eigenvalue weighted by molar-refractivity contribution is 6.33. The SMILES string of the molecule is Cc1ccc(N2C(=O)c3nc4ccccn4c3C2=O)cc1. The molecule has 0 spiro atoms. The number of imide groups is 1. The molecule has 5 heteroatoms. The Kier molecular flexibility index (Phi) is 2.27. The molecule has 0 unspecified atom stereocenters. The molecule has 0 aliphatic carbocycles. The van der Waals surface area contributed by atoms with Crippen LogP contribution in [-0.2, 0) is 0 Å². The molecule has 0 radical (unpaired) electrons. The van der Waals surface area contributed by atoms with Crippen LogP contribution in [0.3, 0.4) is 0 Å². The minimum atomic E-state index is -0.373. The summed E-state index contributed by atoms with van der Waals surface area (Å²) < 4.78 is 1.66. The van der Waals surface area contributed by atoms with Crippen LogP contribution in [0.25, 0.3) is 5.65 Å². The molecule has 1 aliphatic rings. The Labute approximate surface area is 120 Å². The van der Waals surface area contributed by atoms with Gasteiger partial charge in [0, 0.05) is 6.20 Å². The molecule has 21 heavy (non-hydrogen) atoms. The lowest BCUT2D eigenvalue weighted by Crippen LogP contribution is -2.30. The van der Waals surface area contributed by atoms with Gasteiger partial charge in [0.2, 0.25) is 0 Å². The zero-order valence-corrected chi connectivity index (χ0v) is 11.3. The largest absolute Gasteiger partial charge is 0.295 e. The Morgan fingerprint density at radius 1 is 0.952 bits per heavy atom. The van der Waals surface area contributed by atoms with Crippen LogP contribution >= 0.6 is 0 Å². The summed E-state index contributed by atoms with van der Waals surface area (Å²) >= 11 is 0. The van der Waals surface area contributed by atoms with Gasteiger partial charge in [-0.15, -0.1) is 0 Å². The van der Waals surface area contributed by atoms with E-state index in [1.54, 1.807) is 34.9 Å². The summed E-state index contributed by atoms with van der Waals surface area (Å²) in [7, 11) is 0. The first-order valence-electron chi connectivity index (χ1n) is 6.59. The van der Waals surface area contributed by atoms with Crippen molar-refractivity contribution in [2.24, 2.45) is 0 Å². The van der Waals surface area contributed by atoms with E-state index < -0.39 is 0 Å². The second-order valence-electron chi connectivity index (χ2n) is 5.02. The smallest absolute Gasteiger partial charge is 0.286 e. The number of carbonyl (C=O) groups is 2. The monoisotopic (exact) mass is 277 g/mol. The maximum Gasteiger partial charge on any atom is 0.286 e. The standard InChI is InChI=1S/C16H11N3O2/c1-10-5-7-11(8-6-10)19-15(20)13-14(16(19)21)18-9-3-2-4-12(18)17-13/h2-9H,1H3. The number of aromatic nitrogens is 2. The quantitative estimate of drug-likeness (QED) is 0.642. The molecular weight excluding hydrogens is 266 g/mol. The van der Waals surface area contributed by atoms with Crippen LogP contribution in [0.4, 0.5) is 5.69 Å². The molecule has 3 heterocycles. The van der Waals surface area contributed by atoms with Crippen LogP contribution in [0.5, 0.6) is 0 Å². The normalized spacial score (nSPS) is 14.0. The molecule has 3 aromatic rings. The van der Waals surface area contributed by atoms with E-state index in [-0.39, 0.29) is 17.5 Å². The molecule has 2 aromatic heterocycles. The average Bonchev–Trinajstić information content (AvgIpc) is 2.98. The number of nitrogens with zero attached hydrogens (tertiary/aromatic N) is 3. The molecular formula is C16H11N3O2. The first kappa shape index (κ1) is 11.8. The lowest BCUT2D eigenvalue weighted by atomic mass is 10.2. The summed E-state index contributed by atoms with van der Waals surface area (Å²) in [5, 5.41) is 0. The number of imidazole rings is 1. The predicted octanol–water partition coefficient (Wildman–Crippen LogP) is 2.44. The molecule has 2 amide bonds. The molecule has 1 aromatic carbocycles. The first-order chi connectivity index (χ1) is 10.2. The van der Waals surface area contributed by atoms with Gasteiger partial charge in [-0.2, -0.15) is 0 Å². The first-order valence-corrected chi connectivity index (χ1v) is 6.59. The van der Waals surface area contributed by atoms with Gasteiger partial charge in [-0.1, -0.05) is 23.8 Å². The van der Waals surface area contributed by atoms with E-state index in [1.165, 1.54) is 4.90 Å². The number of benzene rings is 1. The van der Waals surface area contributed by atoms with Gasteiger partial charge in [0.25, 0.3) is 11.8 Å². The lowest BCUT2D eigenvalue weighted by molar-refractivity contribution is 0.0922. The summed E-state index contributed by atoms with van der Waals surface area (Å²) in [6, 6.07) is 12.7. The van der Waals surface area contributed by atoms with E-state index in [1.807, 2.05) is 25.1 Å². The number of rotatable bonds is 1. The highest BCUT2D eigenvalue weighted by atomic mass is 16.2. The van der Waals surface area contributed by atoms with E-state index in [2.05, 4.69) is 4.98 Å². The molecule has 1 aliphatic heterocycles. The third kappa shape index (κ3) is 1.54. The second kappa shape index (κ2) is 4.02. The number of amides is 2. The van der Waals surface area contributed by atoms with Crippen LogP contribution < -0.4 is 4.90 Å². The Bertz CT molecular complexity index is 894. The summed E-state index contributed by atoms with van der Waals surface area (Å²) in [6.07, 6.45) is 1.74. The maximum absolute atomic E-state index is 12.6. The highest BCUT2D eigenvalue weighted by Gasteiger charge is 2.41. The van der Waals surface area contributed by atoms with Gasteiger partial charge in [-0.25, -0.2) is 9.88 Å². The number of anilines is 1. The Hall–Kier alpha value is -2.95. The molecule has 0 fully saturated rings. The highest BCUT2D eigenvalue weighted by Crippen LogP contribution is 2.28. The van der Waals surface area contributed by atoms with Crippen LogP contribution in [0.15, 0.2) is 48.7 Å². The van der Waals surface area contributed by atoms with Crippen molar-refractivity contribution in [2.75, 3.05) is 4.90 Å². The van der Waals surface area contributed by atoms with Crippen LogP contribution in [-0.4, -0.2) is 21.2 Å². The van der Waals surface area contributed by atoms with Crippen molar-refractivity contribution in [2.45, 2.75) is 6.92 Å².